The fourth-order valence-electron chi connectivity index (χ4n) is 1.26. The van der Waals surface area contributed by atoms with Gasteiger partial charge in [0.2, 0.25) is 0 Å². The molecule has 0 heterocycles. The molecule has 0 aliphatic heterocycles. The Hall–Kier alpha value is -1.55. The highest BCUT2D eigenvalue weighted by Crippen LogP contribution is 2.18. The summed E-state index contributed by atoms with van der Waals surface area (Å²) in [6.45, 7) is 6.16. The minimum atomic E-state index is -0.596. The van der Waals surface area contributed by atoms with Crippen molar-refractivity contribution in [2.75, 3.05) is 6.54 Å². The first-order valence-electron chi connectivity index (χ1n) is 6.02. The van der Waals surface area contributed by atoms with E-state index in [0.29, 0.717) is 0 Å². The Morgan fingerprint density at radius 1 is 1.33 bits per heavy atom. The van der Waals surface area contributed by atoms with Crippen molar-refractivity contribution in [1.82, 2.24) is 5.32 Å². The maximum absolute atomic E-state index is 11.4. The number of rotatable bonds is 4. The Balaban J connectivity index is 2.27. The van der Waals surface area contributed by atoms with E-state index in [1.165, 1.54) is 0 Å². The molecular weight excluding hydrogens is 230 g/mol. The Bertz CT molecular complexity index is 370. The predicted octanol–water partition coefficient (Wildman–Crippen LogP) is 2.32. The zero-order chi connectivity index (χ0) is 13.6. The number of amides is 1. The molecule has 4 nitrogen and oxygen atoms in total. The van der Waals surface area contributed by atoms with Gasteiger partial charge in [0.1, 0.15) is 6.61 Å². The lowest BCUT2D eigenvalue weighted by Gasteiger charge is -2.25. The summed E-state index contributed by atoms with van der Waals surface area (Å²) in [5.41, 5.74) is 0.677. The zero-order valence-corrected chi connectivity index (χ0v) is 11.1. The van der Waals surface area contributed by atoms with Crippen LogP contribution in [0.1, 0.15) is 26.3 Å². The molecule has 1 atom stereocenters. The number of aliphatic hydroxyl groups excluding tert-OH is 1. The van der Waals surface area contributed by atoms with Gasteiger partial charge < -0.3 is 15.2 Å². The van der Waals surface area contributed by atoms with E-state index in [-0.39, 0.29) is 18.6 Å². The molecule has 18 heavy (non-hydrogen) atoms. The van der Waals surface area contributed by atoms with Crippen LogP contribution < -0.4 is 5.32 Å². The summed E-state index contributed by atoms with van der Waals surface area (Å²) in [7, 11) is 0. The van der Waals surface area contributed by atoms with Gasteiger partial charge in [-0.15, -0.1) is 0 Å². The van der Waals surface area contributed by atoms with Gasteiger partial charge in [0.15, 0.2) is 0 Å². The lowest BCUT2D eigenvalue weighted by molar-refractivity contribution is 0.0594. The van der Waals surface area contributed by atoms with Gasteiger partial charge in [0, 0.05) is 6.54 Å². The van der Waals surface area contributed by atoms with Gasteiger partial charge in [-0.3, -0.25) is 0 Å². The average molecular weight is 251 g/mol. The van der Waals surface area contributed by atoms with Crippen LogP contribution in [0.2, 0.25) is 0 Å². The summed E-state index contributed by atoms with van der Waals surface area (Å²) in [4.78, 5) is 11.4. The van der Waals surface area contributed by atoms with Crippen LogP contribution in [0.3, 0.4) is 0 Å². The molecule has 0 aromatic heterocycles. The van der Waals surface area contributed by atoms with E-state index in [1.807, 2.05) is 51.1 Å². The zero-order valence-electron chi connectivity index (χ0n) is 11.1. The van der Waals surface area contributed by atoms with Crippen molar-refractivity contribution in [3.05, 3.63) is 35.9 Å². The van der Waals surface area contributed by atoms with E-state index in [2.05, 4.69) is 5.32 Å². The molecule has 0 spiro atoms. The fourth-order valence-corrected chi connectivity index (χ4v) is 1.26. The third-order valence-corrected chi connectivity index (χ3v) is 2.65. The second kappa shape index (κ2) is 6.40. The van der Waals surface area contributed by atoms with Gasteiger partial charge in [-0.2, -0.15) is 0 Å². The van der Waals surface area contributed by atoms with Crippen LogP contribution in [0.5, 0.6) is 0 Å². The van der Waals surface area contributed by atoms with Gasteiger partial charge in [0.25, 0.3) is 0 Å². The van der Waals surface area contributed by atoms with E-state index < -0.39 is 12.2 Å². The average Bonchev–Trinajstić information content (AvgIpc) is 2.33. The molecule has 0 aliphatic rings. The molecule has 1 rings (SSSR count). The van der Waals surface area contributed by atoms with Crippen molar-refractivity contribution >= 4 is 6.09 Å². The van der Waals surface area contributed by atoms with Crippen LogP contribution in [0.4, 0.5) is 4.79 Å². The standard InChI is InChI=1S/C14H21NO3/c1-14(2,3)12(16)9-15-13(17)18-10-11-7-5-4-6-8-11/h4-8,12,16H,9-10H2,1-3H3,(H,15,17). The molecule has 0 saturated carbocycles. The molecule has 0 fully saturated rings. The highest BCUT2D eigenvalue weighted by atomic mass is 16.5. The van der Waals surface area contributed by atoms with Crippen molar-refractivity contribution in [3.63, 3.8) is 0 Å². The maximum atomic E-state index is 11.4. The van der Waals surface area contributed by atoms with Crippen LogP contribution in [-0.2, 0) is 11.3 Å². The Kier molecular flexibility index (Phi) is 5.16. The third kappa shape index (κ3) is 5.19. The first-order chi connectivity index (χ1) is 8.39. The quantitative estimate of drug-likeness (QED) is 0.863. The van der Waals surface area contributed by atoms with Gasteiger partial charge in [-0.1, -0.05) is 51.1 Å². The van der Waals surface area contributed by atoms with Gasteiger partial charge in [0.05, 0.1) is 6.10 Å². The number of benzene rings is 1. The summed E-state index contributed by atoms with van der Waals surface area (Å²) in [5.74, 6) is 0. The molecule has 4 heteroatoms. The Labute approximate surface area is 108 Å². The minimum absolute atomic E-state index is 0.192. The maximum Gasteiger partial charge on any atom is 0.407 e. The van der Waals surface area contributed by atoms with Crippen molar-refractivity contribution in [3.8, 4) is 0 Å². The number of carbonyl (C=O) groups excluding carboxylic acids is 1. The normalized spacial score (nSPS) is 12.9. The molecule has 100 valence electrons. The van der Waals surface area contributed by atoms with E-state index in [4.69, 9.17) is 4.74 Å². The minimum Gasteiger partial charge on any atom is -0.445 e. The number of nitrogens with one attached hydrogen (secondary N) is 1. The number of ether oxygens (including phenoxy) is 1. The lowest BCUT2D eigenvalue weighted by Crippen LogP contribution is -2.39. The van der Waals surface area contributed by atoms with Crippen molar-refractivity contribution in [1.29, 1.82) is 0 Å². The van der Waals surface area contributed by atoms with E-state index in [9.17, 15) is 9.90 Å². The van der Waals surface area contributed by atoms with Gasteiger partial charge >= 0.3 is 6.09 Å². The topological polar surface area (TPSA) is 58.6 Å². The monoisotopic (exact) mass is 251 g/mol. The van der Waals surface area contributed by atoms with Crippen LogP contribution in [0.15, 0.2) is 30.3 Å². The summed E-state index contributed by atoms with van der Waals surface area (Å²) in [6.07, 6.45) is -1.11. The van der Waals surface area contributed by atoms with Gasteiger partial charge in [-0.05, 0) is 11.0 Å². The number of aliphatic hydroxyl groups is 1. The largest absolute Gasteiger partial charge is 0.445 e. The lowest BCUT2D eigenvalue weighted by atomic mass is 9.89. The Morgan fingerprint density at radius 2 is 1.94 bits per heavy atom. The number of hydrogen-bond donors (Lipinski definition) is 2. The summed E-state index contributed by atoms with van der Waals surface area (Å²) in [5, 5.41) is 12.3. The highest BCUT2D eigenvalue weighted by Gasteiger charge is 2.22. The summed E-state index contributed by atoms with van der Waals surface area (Å²) >= 11 is 0. The first kappa shape index (κ1) is 14.5. The summed E-state index contributed by atoms with van der Waals surface area (Å²) in [6, 6.07) is 9.46. The van der Waals surface area contributed by atoms with Crippen LogP contribution in [-0.4, -0.2) is 23.8 Å². The molecule has 1 amide bonds. The number of alkyl carbamates (subject to hydrolysis) is 1. The van der Waals surface area contributed by atoms with Crippen molar-refractivity contribution in [2.24, 2.45) is 5.41 Å². The molecule has 0 aliphatic carbocycles. The number of carbonyl (C=O) groups is 1. The molecule has 1 aromatic carbocycles. The second-order valence-electron chi connectivity index (χ2n) is 5.32. The van der Waals surface area contributed by atoms with E-state index in [1.54, 1.807) is 0 Å². The van der Waals surface area contributed by atoms with Crippen LogP contribution >= 0.6 is 0 Å². The van der Waals surface area contributed by atoms with Gasteiger partial charge in [-0.25, -0.2) is 4.79 Å². The molecule has 1 unspecified atom stereocenters. The van der Waals surface area contributed by atoms with Crippen molar-refractivity contribution < 1.29 is 14.6 Å². The van der Waals surface area contributed by atoms with E-state index >= 15 is 0 Å². The smallest absolute Gasteiger partial charge is 0.407 e. The molecule has 1 aromatic rings. The van der Waals surface area contributed by atoms with Crippen molar-refractivity contribution in [2.45, 2.75) is 33.5 Å². The second-order valence-corrected chi connectivity index (χ2v) is 5.32. The fraction of sp³-hybridized carbons (Fsp3) is 0.500. The van der Waals surface area contributed by atoms with Crippen LogP contribution in [0, 0.1) is 5.41 Å². The third-order valence-electron chi connectivity index (χ3n) is 2.65. The molecule has 0 bridgehead atoms. The molecule has 2 N–H and O–H groups in total. The van der Waals surface area contributed by atoms with E-state index in [0.717, 1.165) is 5.56 Å². The number of hydrogen-bond acceptors (Lipinski definition) is 3. The molecule has 0 saturated heterocycles. The highest BCUT2D eigenvalue weighted by molar-refractivity contribution is 5.67. The SMILES string of the molecule is CC(C)(C)C(O)CNC(=O)OCc1ccccc1. The Morgan fingerprint density at radius 3 is 2.50 bits per heavy atom. The molecular formula is C14H21NO3. The first-order valence-corrected chi connectivity index (χ1v) is 6.02. The predicted molar refractivity (Wildman–Crippen MR) is 70.1 cm³/mol. The summed E-state index contributed by atoms with van der Waals surface area (Å²) < 4.78 is 5.03. The molecule has 0 radical (unpaired) electrons. The van der Waals surface area contributed by atoms with Crippen LogP contribution in [0.25, 0.3) is 0 Å².